The number of amides is 2. The molecule has 0 bridgehead atoms. The fraction of sp³-hybridized carbons (Fsp3) is 0.235. The predicted molar refractivity (Wildman–Crippen MR) is 88.1 cm³/mol. The van der Waals surface area contributed by atoms with Gasteiger partial charge in [0.2, 0.25) is 0 Å². The molecule has 128 valence electrons. The van der Waals surface area contributed by atoms with E-state index < -0.39 is 28.3 Å². The van der Waals surface area contributed by atoms with Gasteiger partial charge in [-0.15, -0.1) is 0 Å². The maximum atomic E-state index is 12.8. The van der Waals surface area contributed by atoms with E-state index in [2.05, 4.69) is 10.6 Å². The Morgan fingerprint density at radius 2 is 1.67 bits per heavy atom. The summed E-state index contributed by atoms with van der Waals surface area (Å²) in [6.45, 7) is 3.59. The zero-order chi connectivity index (χ0) is 18.0. The molecule has 24 heavy (non-hydrogen) atoms. The molecule has 7 heteroatoms. The topological polar surface area (TPSA) is 41.1 Å². The number of rotatable bonds is 3. The Morgan fingerprint density at radius 1 is 1.04 bits per heavy atom. The highest BCUT2D eigenvalue weighted by Gasteiger charge is 2.33. The molecule has 2 N–H and O–H groups in total. The van der Waals surface area contributed by atoms with E-state index in [1.54, 1.807) is 13.8 Å². The van der Waals surface area contributed by atoms with Crippen LogP contribution >= 0.6 is 11.6 Å². The van der Waals surface area contributed by atoms with Crippen molar-refractivity contribution in [1.29, 1.82) is 0 Å². The van der Waals surface area contributed by atoms with Gasteiger partial charge in [-0.1, -0.05) is 41.9 Å². The van der Waals surface area contributed by atoms with Crippen LogP contribution in [0.5, 0.6) is 0 Å². The molecule has 2 aromatic carbocycles. The monoisotopic (exact) mass is 356 g/mol. The summed E-state index contributed by atoms with van der Waals surface area (Å²) >= 11 is 5.56. The largest absolute Gasteiger partial charge is 0.417 e. The summed E-state index contributed by atoms with van der Waals surface area (Å²) in [7, 11) is 0. The highest BCUT2D eigenvalue weighted by molar-refractivity contribution is 6.31. The molecule has 0 atom stereocenters. The first-order chi connectivity index (χ1) is 11.1. The third-order valence-electron chi connectivity index (χ3n) is 3.45. The van der Waals surface area contributed by atoms with Gasteiger partial charge in [-0.3, -0.25) is 0 Å². The lowest BCUT2D eigenvalue weighted by Crippen LogP contribution is -2.43. The molecule has 0 unspecified atom stereocenters. The van der Waals surface area contributed by atoms with Crippen LogP contribution in [0.1, 0.15) is 25.0 Å². The molecule has 0 saturated heterocycles. The van der Waals surface area contributed by atoms with E-state index in [9.17, 15) is 18.0 Å². The molecule has 3 nitrogen and oxygen atoms in total. The van der Waals surface area contributed by atoms with Crippen LogP contribution in [0.4, 0.5) is 23.7 Å². The average molecular weight is 357 g/mol. The number of hydrogen-bond donors (Lipinski definition) is 2. The van der Waals surface area contributed by atoms with Crippen molar-refractivity contribution >= 4 is 23.3 Å². The summed E-state index contributed by atoms with van der Waals surface area (Å²) in [5, 5.41) is 4.71. The first kappa shape index (κ1) is 18.1. The van der Waals surface area contributed by atoms with Crippen molar-refractivity contribution in [2.24, 2.45) is 0 Å². The lowest BCUT2D eigenvalue weighted by molar-refractivity contribution is -0.137. The first-order valence-electron chi connectivity index (χ1n) is 7.11. The Kier molecular flexibility index (Phi) is 5.08. The molecule has 2 amide bonds. The third-order valence-corrected chi connectivity index (χ3v) is 3.78. The van der Waals surface area contributed by atoms with Crippen LogP contribution in [0.15, 0.2) is 48.5 Å². The van der Waals surface area contributed by atoms with Crippen molar-refractivity contribution in [2.45, 2.75) is 25.6 Å². The van der Waals surface area contributed by atoms with Crippen LogP contribution in [0.2, 0.25) is 5.02 Å². The Hall–Kier alpha value is -2.21. The maximum absolute atomic E-state index is 12.8. The van der Waals surface area contributed by atoms with Gasteiger partial charge in [0, 0.05) is 5.69 Å². The standard InChI is InChI=1S/C17H16ClF3N2O/c1-16(2,11-6-4-3-5-7-11)23-15(24)22-12-8-9-14(18)13(10-12)17(19,20)21/h3-10H,1-2H3,(H2,22,23,24). The molecule has 0 aliphatic carbocycles. The van der Waals surface area contributed by atoms with Gasteiger partial charge in [-0.05, 0) is 37.6 Å². The zero-order valence-corrected chi connectivity index (χ0v) is 13.8. The van der Waals surface area contributed by atoms with E-state index >= 15 is 0 Å². The second-order valence-electron chi connectivity index (χ2n) is 5.76. The van der Waals surface area contributed by atoms with Gasteiger partial charge in [-0.2, -0.15) is 13.2 Å². The van der Waals surface area contributed by atoms with E-state index in [4.69, 9.17) is 11.6 Å². The molecular formula is C17H16ClF3N2O. The Morgan fingerprint density at radius 3 is 2.25 bits per heavy atom. The molecule has 2 aromatic rings. The molecule has 0 saturated carbocycles. The van der Waals surface area contributed by atoms with Gasteiger partial charge in [0.05, 0.1) is 16.1 Å². The van der Waals surface area contributed by atoms with Gasteiger partial charge >= 0.3 is 12.2 Å². The molecule has 0 fully saturated rings. The highest BCUT2D eigenvalue weighted by atomic mass is 35.5. The summed E-state index contributed by atoms with van der Waals surface area (Å²) in [6, 6.07) is 11.8. The van der Waals surface area contributed by atoms with Crippen molar-refractivity contribution in [3.8, 4) is 0 Å². The maximum Gasteiger partial charge on any atom is 0.417 e. The van der Waals surface area contributed by atoms with Crippen molar-refractivity contribution < 1.29 is 18.0 Å². The lowest BCUT2D eigenvalue weighted by atomic mass is 9.95. The van der Waals surface area contributed by atoms with E-state index in [0.29, 0.717) is 0 Å². The molecule has 0 heterocycles. The number of carbonyl (C=O) groups is 1. The minimum absolute atomic E-state index is 0.00749. The van der Waals surface area contributed by atoms with Crippen LogP contribution in [0.3, 0.4) is 0 Å². The van der Waals surface area contributed by atoms with E-state index in [1.807, 2.05) is 30.3 Å². The quantitative estimate of drug-likeness (QED) is 0.758. The zero-order valence-electron chi connectivity index (χ0n) is 13.0. The normalized spacial score (nSPS) is 11.9. The van der Waals surface area contributed by atoms with E-state index in [-0.39, 0.29) is 5.69 Å². The predicted octanol–water partition coefficient (Wildman–Crippen LogP) is 5.42. The number of anilines is 1. The van der Waals surface area contributed by atoms with Crippen LogP contribution in [-0.4, -0.2) is 6.03 Å². The molecule has 2 rings (SSSR count). The van der Waals surface area contributed by atoms with Gasteiger partial charge in [0.25, 0.3) is 0 Å². The fourth-order valence-electron chi connectivity index (χ4n) is 2.19. The van der Waals surface area contributed by atoms with E-state index in [1.165, 1.54) is 6.07 Å². The SMILES string of the molecule is CC(C)(NC(=O)Nc1ccc(Cl)c(C(F)(F)F)c1)c1ccccc1. The van der Waals surface area contributed by atoms with E-state index in [0.717, 1.165) is 17.7 Å². The number of benzene rings is 2. The van der Waals surface area contributed by atoms with Crippen molar-refractivity contribution in [2.75, 3.05) is 5.32 Å². The fourth-order valence-corrected chi connectivity index (χ4v) is 2.42. The van der Waals surface area contributed by atoms with Crippen molar-refractivity contribution in [3.05, 3.63) is 64.7 Å². The van der Waals surface area contributed by atoms with Crippen LogP contribution in [-0.2, 0) is 11.7 Å². The van der Waals surface area contributed by atoms with Gasteiger partial charge in [0.1, 0.15) is 0 Å². The smallest absolute Gasteiger partial charge is 0.329 e. The molecule has 0 aliphatic heterocycles. The van der Waals surface area contributed by atoms with Crippen LogP contribution < -0.4 is 10.6 Å². The minimum atomic E-state index is -4.59. The molecule has 0 aromatic heterocycles. The average Bonchev–Trinajstić information content (AvgIpc) is 2.48. The van der Waals surface area contributed by atoms with Crippen molar-refractivity contribution in [1.82, 2.24) is 5.32 Å². The van der Waals surface area contributed by atoms with Crippen molar-refractivity contribution in [3.63, 3.8) is 0 Å². The van der Waals surface area contributed by atoms with Crippen LogP contribution in [0.25, 0.3) is 0 Å². The number of halogens is 4. The molecule has 0 radical (unpaired) electrons. The van der Waals surface area contributed by atoms with Gasteiger partial charge in [-0.25, -0.2) is 4.79 Å². The summed E-state index contributed by atoms with van der Waals surface area (Å²) in [4.78, 5) is 12.1. The molecule has 0 aliphatic rings. The lowest BCUT2D eigenvalue weighted by Gasteiger charge is -2.27. The first-order valence-corrected chi connectivity index (χ1v) is 7.49. The Labute approximate surface area is 142 Å². The van der Waals surface area contributed by atoms with Crippen LogP contribution in [0, 0.1) is 0 Å². The Balaban J connectivity index is 2.13. The minimum Gasteiger partial charge on any atom is -0.329 e. The number of carbonyl (C=O) groups excluding carboxylic acids is 1. The third kappa shape index (κ3) is 4.41. The second-order valence-corrected chi connectivity index (χ2v) is 6.17. The number of urea groups is 1. The molecule has 0 spiro atoms. The summed E-state index contributed by atoms with van der Waals surface area (Å²) in [5.41, 5.74) is -0.811. The highest BCUT2D eigenvalue weighted by Crippen LogP contribution is 2.36. The van der Waals surface area contributed by atoms with Gasteiger partial charge in [0.15, 0.2) is 0 Å². The number of nitrogens with one attached hydrogen (secondary N) is 2. The number of alkyl halides is 3. The Bertz CT molecular complexity index is 730. The number of hydrogen-bond acceptors (Lipinski definition) is 1. The second kappa shape index (κ2) is 6.73. The van der Waals surface area contributed by atoms with Gasteiger partial charge < -0.3 is 10.6 Å². The molecular weight excluding hydrogens is 341 g/mol. The summed E-state index contributed by atoms with van der Waals surface area (Å²) < 4.78 is 38.5. The summed E-state index contributed by atoms with van der Waals surface area (Å²) in [5.74, 6) is 0. The summed E-state index contributed by atoms with van der Waals surface area (Å²) in [6.07, 6.45) is -4.59.